The summed E-state index contributed by atoms with van der Waals surface area (Å²) in [7, 11) is -4.31. The molecule has 1 N–H and O–H groups in total. The first-order valence-corrected chi connectivity index (χ1v) is 11.4. The number of hydrogen-bond donors (Lipinski definition) is 1. The van der Waals surface area contributed by atoms with Gasteiger partial charge in [-0.1, -0.05) is 33.6 Å². The van der Waals surface area contributed by atoms with Crippen LogP contribution in [0.5, 0.6) is 0 Å². The third-order valence-corrected chi connectivity index (χ3v) is 6.94. The van der Waals surface area contributed by atoms with Gasteiger partial charge in [-0.3, -0.25) is 4.90 Å². The van der Waals surface area contributed by atoms with Gasteiger partial charge in [0.1, 0.15) is 5.15 Å². The van der Waals surface area contributed by atoms with Crippen LogP contribution >= 0.6 is 27.5 Å². The van der Waals surface area contributed by atoms with Gasteiger partial charge in [0.25, 0.3) is 0 Å². The van der Waals surface area contributed by atoms with Gasteiger partial charge < -0.3 is 0 Å². The van der Waals surface area contributed by atoms with Crippen molar-refractivity contribution in [3.63, 3.8) is 0 Å². The number of nitrogens with one attached hydrogen (secondary N) is 1. The van der Waals surface area contributed by atoms with Crippen LogP contribution in [0.3, 0.4) is 0 Å². The van der Waals surface area contributed by atoms with Gasteiger partial charge in [-0.15, -0.1) is 0 Å². The molecule has 1 fully saturated rings. The maximum absolute atomic E-state index is 13.3. The minimum atomic E-state index is -4.77. The molecule has 0 atom stereocenters. The fraction of sp³-hybridized carbons (Fsp3) is 0.389. The first-order chi connectivity index (χ1) is 13.5. The fourth-order valence-corrected chi connectivity index (χ4v) is 5.19. The summed E-state index contributed by atoms with van der Waals surface area (Å²) in [4.78, 5) is 5.40. The summed E-state index contributed by atoms with van der Waals surface area (Å²) >= 11 is 8.73. The molecule has 1 aromatic heterocycles. The molecule has 1 saturated heterocycles. The second-order valence-electron chi connectivity index (χ2n) is 6.80. The summed E-state index contributed by atoms with van der Waals surface area (Å²) in [5.74, 6) is 0. The highest BCUT2D eigenvalue weighted by Gasteiger charge is 2.38. The molecule has 2 heterocycles. The first-order valence-electron chi connectivity index (χ1n) is 8.76. The van der Waals surface area contributed by atoms with E-state index in [0.717, 1.165) is 17.7 Å². The Morgan fingerprint density at radius 3 is 2.48 bits per heavy atom. The molecule has 5 nitrogen and oxygen atoms in total. The van der Waals surface area contributed by atoms with Gasteiger partial charge in [-0.25, -0.2) is 18.1 Å². The van der Waals surface area contributed by atoms with Crippen molar-refractivity contribution in [3.8, 4) is 0 Å². The van der Waals surface area contributed by atoms with Crippen molar-refractivity contribution < 1.29 is 21.6 Å². The zero-order chi connectivity index (χ0) is 21.2. The molecule has 1 aliphatic rings. The fourth-order valence-electron chi connectivity index (χ4n) is 3.21. The lowest BCUT2D eigenvalue weighted by atomic mass is 10.1. The van der Waals surface area contributed by atoms with E-state index in [0.29, 0.717) is 37.6 Å². The van der Waals surface area contributed by atoms with Crippen molar-refractivity contribution in [2.45, 2.75) is 36.5 Å². The Kier molecular flexibility index (Phi) is 6.89. The van der Waals surface area contributed by atoms with E-state index in [4.69, 9.17) is 11.6 Å². The van der Waals surface area contributed by atoms with Crippen LogP contribution in [0.15, 0.2) is 45.9 Å². The van der Waals surface area contributed by atoms with Crippen LogP contribution in [0.2, 0.25) is 5.15 Å². The Balaban J connectivity index is 1.65. The number of pyridine rings is 1. The molecule has 2 aromatic rings. The molecular weight excluding hydrogens is 495 g/mol. The van der Waals surface area contributed by atoms with Gasteiger partial charge in [-0.05, 0) is 42.7 Å². The molecule has 0 bridgehead atoms. The van der Waals surface area contributed by atoms with E-state index < -0.39 is 32.7 Å². The first kappa shape index (κ1) is 22.5. The third-order valence-electron chi connectivity index (χ3n) is 4.64. The molecule has 158 valence electrons. The predicted octanol–water partition coefficient (Wildman–Crippen LogP) is 4.46. The van der Waals surface area contributed by atoms with Crippen LogP contribution in [0.1, 0.15) is 24.0 Å². The number of alkyl halides is 3. The van der Waals surface area contributed by atoms with E-state index in [-0.39, 0.29) is 4.47 Å². The Bertz CT molecular complexity index is 963. The quantitative estimate of drug-likeness (QED) is 0.601. The predicted molar refractivity (Wildman–Crippen MR) is 107 cm³/mol. The van der Waals surface area contributed by atoms with Gasteiger partial charge >= 0.3 is 6.18 Å². The van der Waals surface area contributed by atoms with Crippen LogP contribution in [0.4, 0.5) is 13.2 Å². The molecule has 0 amide bonds. The second kappa shape index (κ2) is 8.89. The highest BCUT2D eigenvalue weighted by Crippen LogP contribution is 2.36. The molecule has 0 radical (unpaired) electrons. The van der Waals surface area contributed by atoms with Crippen LogP contribution in [0.25, 0.3) is 0 Å². The van der Waals surface area contributed by atoms with Crippen molar-refractivity contribution in [2.75, 3.05) is 13.1 Å². The molecule has 0 saturated carbocycles. The summed E-state index contributed by atoms with van der Waals surface area (Å²) in [5.41, 5.74) is -0.204. The zero-order valence-corrected chi connectivity index (χ0v) is 18.2. The van der Waals surface area contributed by atoms with Gasteiger partial charge in [0.05, 0.1) is 10.5 Å². The Labute approximate surface area is 180 Å². The molecule has 3 rings (SSSR count). The van der Waals surface area contributed by atoms with Gasteiger partial charge in [0.15, 0.2) is 0 Å². The number of hydrogen-bond acceptors (Lipinski definition) is 4. The number of likely N-dealkylation sites (tertiary alicyclic amines) is 1. The van der Waals surface area contributed by atoms with E-state index in [9.17, 15) is 21.6 Å². The van der Waals surface area contributed by atoms with Crippen molar-refractivity contribution in [2.24, 2.45) is 0 Å². The number of nitrogens with zero attached hydrogens (tertiary/aromatic N) is 2. The van der Waals surface area contributed by atoms with Gasteiger partial charge in [0.2, 0.25) is 10.0 Å². The summed E-state index contributed by atoms with van der Waals surface area (Å²) in [5, 5.41) is 0.410. The molecule has 0 aliphatic carbocycles. The summed E-state index contributed by atoms with van der Waals surface area (Å²) in [6.07, 6.45) is -2.09. The molecule has 1 aliphatic heterocycles. The molecule has 11 heteroatoms. The topological polar surface area (TPSA) is 62.3 Å². The maximum atomic E-state index is 13.3. The van der Waals surface area contributed by atoms with Crippen molar-refractivity contribution in [3.05, 3.63) is 57.3 Å². The zero-order valence-electron chi connectivity index (χ0n) is 15.1. The van der Waals surface area contributed by atoms with Crippen LogP contribution < -0.4 is 4.72 Å². The SMILES string of the molecule is O=S(=O)(NC1CCN(Cc2ccc(Cl)nc2)CC1)c1ccc(Br)cc1C(F)(F)F. The number of halogens is 5. The molecular formula is C18H18BrClF3N3O2S. The molecule has 1 aromatic carbocycles. The Hall–Kier alpha value is -1.20. The average Bonchev–Trinajstić information content (AvgIpc) is 2.64. The lowest BCUT2D eigenvalue weighted by molar-refractivity contribution is -0.139. The standard InChI is InChI=1S/C18H18BrClF3N3O2S/c19-13-2-3-16(15(9-13)18(21,22)23)29(27,28)25-14-5-7-26(8-6-14)11-12-1-4-17(20)24-10-12/h1-4,9-10,14,25H,5-8,11H2. The maximum Gasteiger partial charge on any atom is 0.417 e. The molecule has 0 spiro atoms. The Morgan fingerprint density at radius 2 is 1.90 bits per heavy atom. The van der Waals surface area contributed by atoms with E-state index in [1.54, 1.807) is 12.3 Å². The number of piperidine rings is 1. The molecule has 29 heavy (non-hydrogen) atoms. The lowest BCUT2D eigenvalue weighted by Gasteiger charge is -2.32. The van der Waals surface area contributed by atoms with Crippen molar-refractivity contribution >= 4 is 37.6 Å². The molecule has 0 unspecified atom stereocenters. The number of rotatable bonds is 5. The van der Waals surface area contributed by atoms with Crippen molar-refractivity contribution in [1.29, 1.82) is 0 Å². The van der Waals surface area contributed by atoms with Crippen LogP contribution in [-0.4, -0.2) is 37.4 Å². The number of aromatic nitrogens is 1. The van der Waals surface area contributed by atoms with E-state index in [1.165, 1.54) is 6.07 Å². The smallest absolute Gasteiger partial charge is 0.299 e. The lowest BCUT2D eigenvalue weighted by Crippen LogP contribution is -2.44. The van der Waals surface area contributed by atoms with E-state index in [2.05, 4.69) is 30.5 Å². The monoisotopic (exact) mass is 511 g/mol. The summed E-state index contributed by atoms with van der Waals surface area (Å²) < 4.78 is 67.7. The van der Waals surface area contributed by atoms with Gasteiger partial charge in [-0.2, -0.15) is 13.2 Å². The minimum Gasteiger partial charge on any atom is -0.299 e. The van der Waals surface area contributed by atoms with E-state index >= 15 is 0 Å². The van der Waals surface area contributed by atoms with Gasteiger partial charge in [0, 0.05) is 36.3 Å². The van der Waals surface area contributed by atoms with Crippen LogP contribution in [-0.2, 0) is 22.7 Å². The van der Waals surface area contributed by atoms with E-state index in [1.807, 2.05) is 6.07 Å². The summed E-state index contributed by atoms with van der Waals surface area (Å²) in [6.45, 7) is 1.87. The minimum absolute atomic E-state index is 0.161. The average molecular weight is 513 g/mol. The highest BCUT2D eigenvalue weighted by molar-refractivity contribution is 9.10. The number of sulfonamides is 1. The highest BCUT2D eigenvalue weighted by atomic mass is 79.9. The third kappa shape index (κ3) is 5.91. The number of benzene rings is 1. The Morgan fingerprint density at radius 1 is 1.21 bits per heavy atom. The van der Waals surface area contributed by atoms with Crippen LogP contribution in [0, 0.1) is 0 Å². The second-order valence-corrected chi connectivity index (χ2v) is 9.78. The summed E-state index contributed by atoms with van der Waals surface area (Å²) in [6, 6.07) is 6.18. The largest absolute Gasteiger partial charge is 0.417 e. The normalized spacial score (nSPS) is 16.9. The van der Waals surface area contributed by atoms with Crippen molar-refractivity contribution in [1.82, 2.24) is 14.6 Å².